The van der Waals surface area contributed by atoms with E-state index >= 15 is 0 Å². The fraction of sp³-hybridized carbons (Fsp3) is 0.250. The third-order valence-electron chi connectivity index (χ3n) is 5.66. The standard InChI is InChI=1S/C24H23N3O2S/c1-29-20-7-4-8-21-23(20)25-24(30-21)27-13-11-26(12-14-27)22(28)16-17-9-10-18-5-2-3-6-19(18)15-17/h2-10,15H,11-14,16H2,1H3. The molecule has 0 spiro atoms. The second-order valence-corrected chi connectivity index (χ2v) is 8.54. The molecule has 0 aliphatic carbocycles. The van der Waals surface area contributed by atoms with E-state index < -0.39 is 0 Å². The fourth-order valence-corrected chi connectivity index (χ4v) is 5.03. The molecule has 5 rings (SSSR count). The Morgan fingerprint density at radius 3 is 2.60 bits per heavy atom. The number of carbonyl (C=O) groups is 1. The van der Waals surface area contributed by atoms with Crippen molar-refractivity contribution >= 4 is 43.4 Å². The summed E-state index contributed by atoms with van der Waals surface area (Å²) in [6, 6.07) is 20.5. The smallest absolute Gasteiger partial charge is 0.227 e. The van der Waals surface area contributed by atoms with E-state index in [-0.39, 0.29) is 5.91 Å². The minimum absolute atomic E-state index is 0.191. The Morgan fingerprint density at radius 1 is 1.00 bits per heavy atom. The maximum Gasteiger partial charge on any atom is 0.227 e. The van der Waals surface area contributed by atoms with E-state index in [4.69, 9.17) is 9.72 Å². The molecule has 3 aromatic carbocycles. The van der Waals surface area contributed by atoms with Gasteiger partial charge in [-0.1, -0.05) is 59.9 Å². The van der Waals surface area contributed by atoms with Gasteiger partial charge >= 0.3 is 0 Å². The Bertz CT molecular complexity index is 1210. The first-order chi connectivity index (χ1) is 14.7. The molecule has 30 heavy (non-hydrogen) atoms. The van der Waals surface area contributed by atoms with Crippen molar-refractivity contribution in [2.75, 3.05) is 38.2 Å². The van der Waals surface area contributed by atoms with Gasteiger partial charge in [0.1, 0.15) is 11.3 Å². The molecule has 0 unspecified atom stereocenters. The van der Waals surface area contributed by atoms with Crippen LogP contribution in [0, 0.1) is 0 Å². The summed E-state index contributed by atoms with van der Waals surface area (Å²) in [7, 11) is 1.67. The monoisotopic (exact) mass is 417 g/mol. The van der Waals surface area contributed by atoms with Crippen LogP contribution in [0.25, 0.3) is 21.0 Å². The summed E-state index contributed by atoms with van der Waals surface area (Å²) in [4.78, 5) is 21.9. The fourth-order valence-electron chi connectivity index (χ4n) is 3.99. The maximum atomic E-state index is 12.8. The van der Waals surface area contributed by atoms with Crippen LogP contribution < -0.4 is 9.64 Å². The normalized spacial score (nSPS) is 14.4. The summed E-state index contributed by atoms with van der Waals surface area (Å²) in [5.74, 6) is 0.995. The molecule has 1 aliphatic heterocycles. The molecule has 1 fully saturated rings. The number of methoxy groups -OCH3 is 1. The van der Waals surface area contributed by atoms with Crippen LogP contribution in [0.3, 0.4) is 0 Å². The van der Waals surface area contributed by atoms with Gasteiger partial charge in [-0.05, 0) is 28.5 Å². The highest BCUT2D eigenvalue weighted by Crippen LogP contribution is 2.34. The molecule has 0 atom stereocenters. The van der Waals surface area contributed by atoms with E-state index in [2.05, 4.69) is 41.3 Å². The number of thiazole rings is 1. The van der Waals surface area contributed by atoms with Crippen LogP contribution in [0.5, 0.6) is 5.75 Å². The molecule has 0 N–H and O–H groups in total. The van der Waals surface area contributed by atoms with Gasteiger partial charge in [0.2, 0.25) is 5.91 Å². The lowest BCUT2D eigenvalue weighted by Crippen LogP contribution is -2.49. The van der Waals surface area contributed by atoms with Crippen LogP contribution in [-0.2, 0) is 11.2 Å². The maximum absolute atomic E-state index is 12.8. The quantitative estimate of drug-likeness (QED) is 0.495. The van der Waals surface area contributed by atoms with Crippen molar-refractivity contribution in [3.63, 3.8) is 0 Å². The molecule has 1 aliphatic rings. The van der Waals surface area contributed by atoms with Crippen molar-refractivity contribution in [2.45, 2.75) is 6.42 Å². The second-order valence-electron chi connectivity index (χ2n) is 7.53. The number of para-hydroxylation sites is 1. The van der Waals surface area contributed by atoms with E-state index in [0.29, 0.717) is 6.42 Å². The molecule has 0 radical (unpaired) electrons. The zero-order valence-electron chi connectivity index (χ0n) is 16.9. The van der Waals surface area contributed by atoms with Crippen LogP contribution in [0.2, 0.25) is 0 Å². The predicted molar refractivity (Wildman–Crippen MR) is 123 cm³/mol. The average molecular weight is 418 g/mol. The van der Waals surface area contributed by atoms with Gasteiger partial charge in [-0.25, -0.2) is 4.98 Å². The van der Waals surface area contributed by atoms with Gasteiger partial charge in [-0.3, -0.25) is 4.79 Å². The van der Waals surface area contributed by atoms with E-state index in [1.807, 2.05) is 29.2 Å². The Hall–Kier alpha value is -3.12. The number of hydrogen-bond donors (Lipinski definition) is 0. The minimum Gasteiger partial charge on any atom is -0.494 e. The topological polar surface area (TPSA) is 45.7 Å². The molecule has 0 bridgehead atoms. The van der Waals surface area contributed by atoms with Gasteiger partial charge < -0.3 is 14.5 Å². The highest BCUT2D eigenvalue weighted by atomic mass is 32.1. The zero-order chi connectivity index (χ0) is 20.5. The number of fused-ring (bicyclic) bond motifs is 2. The second kappa shape index (κ2) is 7.95. The van der Waals surface area contributed by atoms with Crippen LogP contribution in [0.4, 0.5) is 5.13 Å². The van der Waals surface area contributed by atoms with Gasteiger partial charge in [0, 0.05) is 26.2 Å². The summed E-state index contributed by atoms with van der Waals surface area (Å²) >= 11 is 1.68. The first-order valence-electron chi connectivity index (χ1n) is 10.2. The largest absolute Gasteiger partial charge is 0.494 e. The number of hydrogen-bond acceptors (Lipinski definition) is 5. The number of ether oxygens (including phenoxy) is 1. The number of carbonyl (C=O) groups excluding carboxylic acids is 1. The van der Waals surface area contributed by atoms with Crippen molar-refractivity contribution in [1.29, 1.82) is 0 Å². The van der Waals surface area contributed by atoms with Crippen LogP contribution in [-0.4, -0.2) is 49.1 Å². The third-order valence-corrected chi connectivity index (χ3v) is 6.74. The average Bonchev–Trinajstić information content (AvgIpc) is 3.23. The summed E-state index contributed by atoms with van der Waals surface area (Å²) in [5.41, 5.74) is 1.98. The summed E-state index contributed by atoms with van der Waals surface area (Å²) in [5, 5.41) is 3.38. The molecule has 1 amide bonds. The number of amides is 1. The Morgan fingerprint density at radius 2 is 1.80 bits per heavy atom. The third kappa shape index (κ3) is 3.59. The molecule has 152 valence electrons. The van der Waals surface area contributed by atoms with E-state index in [1.54, 1.807) is 18.4 Å². The highest BCUT2D eigenvalue weighted by Gasteiger charge is 2.23. The molecule has 5 nitrogen and oxygen atoms in total. The zero-order valence-corrected chi connectivity index (χ0v) is 17.7. The number of anilines is 1. The molecule has 4 aromatic rings. The molecule has 6 heteroatoms. The van der Waals surface area contributed by atoms with Gasteiger partial charge in [0.05, 0.1) is 18.2 Å². The lowest BCUT2D eigenvalue weighted by Gasteiger charge is -2.34. The molecule has 0 saturated carbocycles. The van der Waals surface area contributed by atoms with Crippen molar-refractivity contribution in [3.8, 4) is 5.75 Å². The van der Waals surface area contributed by atoms with Gasteiger partial charge in [-0.15, -0.1) is 0 Å². The first-order valence-corrected chi connectivity index (χ1v) is 11.0. The van der Waals surface area contributed by atoms with E-state index in [9.17, 15) is 4.79 Å². The van der Waals surface area contributed by atoms with Crippen LogP contribution in [0.15, 0.2) is 60.7 Å². The van der Waals surface area contributed by atoms with Crippen LogP contribution in [0.1, 0.15) is 5.56 Å². The Balaban J connectivity index is 1.24. The number of rotatable bonds is 4. The number of piperazine rings is 1. The minimum atomic E-state index is 0.191. The number of nitrogens with zero attached hydrogens (tertiary/aromatic N) is 3. The SMILES string of the molecule is COc1cccc2sc(N3CCN(C(=O)Cc4ccc5ccccc5c4)CC3)nc12. The van der Waals surface area contributed by atoms with E-state index in [0.717, 1.165) is 52.8 Å². The van der Waals surface area contributed by atoms with Crippen molar-refractivity contribution < 1.29 is 9.53 Å². The summed E-state index contributed by atoms with van der Waals surface area (Å²) in [6.45, 7) is 3.04. The van der Waals surface area contributed by atoms with Gasteiger partial charge in [0.25, 0.3) is 0 Å². The Labute approximate surface area is 179 Å². The lowest BCUT2D eigenvalue weighted by molar-refractivity contribution is -0.130. The van der Waals surface area contributed by atoms with Crippen molar-refractivity contribution in [2.24, 2.45) is 0 Å². The summed E-state index contributed by atoms with van der Waals surface area (Å²) < 4.78 is 6.56. The molecule has 2 heterocycles. The highest BCUT2D eigenvalue weighted by molar-refractivity contribution is 7.22. The molecular weight excluding hydrogens is 394 g/mol. The lowest BCUT2D eigenvalue weighted by atomic mass is 10.0. The van der Waals surface area contributed by atoms with Gasteiger partial charge in [0.15, 0.2) is 5.13 Å². The first kappa shape index (κ1) is 18.9. The van der Waals surface area contributed by atoms with Crippen molar-refractivity contribution in [1.82, 2.24) is 9.88 Å². The molecule has 1 saturated heterocycles. The van der Waals surface area contributed by atoms with Gasteiger partial charge in [-0.2, -0.15) is 0 Å². The number of aromatic nitrogens is 1. The predicted octanol–water partition coefficient (Wildman–Crippen LogP) is 4.35. The van der Waals surface area contributed by atoms with Crippen LogP contribution >= 0.6 is 11.3 Å². The summed E-state index contributed by atoms with van der Waals surface area (Å²) in [6.07, 6.45) is 0.448. The van der Waals surface area contributed by atoms with E-state index in [1.165, 1.54) is 10.8 Å². The Kier molecular flexibility index (Phi) is 5.01. The molecule has 1 aromatic heterocycles. The molecular formula is C24H23N3O2S. The van der Waals surface area contributed by atoms with Crippen molar-refractivity contribution in [3.05, 3.63) is 66.2 Å². The number of benzene rings is 3.